The summed E-state index contributed by atoms with van der Waals surface area (Å²) in [5.74, 6) is 4.45. The number of aliphatic hydroxyl groups is 1. The molecule has 5 atom stereocenters. The third kappa shape index (κ3) is 3.39. The summed E-state index contributed by atoms with van der Waals surface area (Å²) in [6.07, 6.45) is 3.54. The zero-order valence-electron chi connectivity index (χ0n) is 11.4. The predicted octanol–water partition coefficient (Wildman–Crippen LogP) is 2.47. The molecule has 0 spiro atoms. The highest BCUT2D eigenvalue weighted by Gasteiger charge is 2.34. The van der Waals surface area contributed by atoms with E-state index in [0.29, 0.717) is 17.8 Å². The van der Waals surface area contributed by atoms with E-state index >= 15 is 0 Å². The smallest absolute Gasteiger partial charge is 0.0585 e. The predicted molar refractivity (Wildman–Crippen MR) is 75.4 cm³/mol. The van der Waals surface area contributed by atoms with Crippen LogP contribution in [0.4, 0.5) is 0 Å². The van der Waals surface area contributed by atoms with Crippen LogP contribution in [0.2, 0.25) is 0 Å². The second-order valence-corrected chi connectivity index (χ2v) is 7.39. The Kier molecular flexibility index (Phi) is 4.79. The molecule has 0 bridgehead atoms. The molecule has 2 fully saturated rings. The molecule has 5 unspecified atom stereocenters. The number of hydrogen-bond donors (Lipinski definition) is 1. The van der Waals surface area contributed by atoms with Gasteiger partial charge in [0.25, 0.3) is 0 Å². The third-order valence-corrected chi connectivity index (χ3v) is 5.82. The van der Waals surface area contributed by atoms with E-state index in [1.54, 1.807) is 0 Å². The van der Waals surface area contributed by atoms with Gasteiger partial charge in [-0.05, 0) is 43.9 Å². The van der Waals surface area contributed by atoms with E-state index in [0.717, 1.165) is 19.0 Å². The molecule has 1 aliphatic carbocycles. The second-order valence-electron chi connectivity index (χ2n) is 6.24. The topological polar surface area (TPSA) is 23.5 Å². The van der Waals surface area contributed by atoms with Crippen molar-refractivity contribution < 1.29 is 5.11 Å². The molecule has 0 amide bonds. The minimum absolute atomic E-state index is 0.0785. The molecule has 1 saturated carbocycles. The quantitative estimate of drug-likeness (QED) is 0.840. The van der Waals surface area contributed by atoms with Gasteiger partial charge >= 0.3 is 0 Å². The molecule has 0 aromatic heterocycles. The van der Waals surface area contributed by atoms with Gasteiger partial charge in [-0.15, -0.1) is 0 Å². The van der Waals surface area contributed by atoms with Crippen molar-refractivity contribution in [1.82, 2.24) is 4.90 Å². The molecule has 3 heteroatoms. The molecular formula is C14H27NOS. The molecule has 100 valence electrons. The van der Waals surface area contributed by atoms with E-state index in [-0.39, 0.29) is 6.10 Å². The van der Waals surface area contributed by atoms with E-state index < -0.39 is 0 Å². The van der Waals surface area contributed by atoms with Crippen LogP contribution >= 0.6 is 11.8 Å². The highest BCUT2D eigenvalue weighted by molar-refractivity contribution is 7.99. The van der Waals surface area contributed by atoms with Gasteiger partial charge in [-0.1, -0.05) is 13.8 Å². The van der Waals surface area contributed by atoms with E-state index in [4.69, 9.17) is 0 Å². The molecule has 0 aromatic carbocycles. The maximum Gasteiger partial charge on any atom is 0.0585 e. The number of thioether (sulfide) groups is 1. The van der Waals surface area contributed by atoms with Crippen molar-refractivity contribution in [3.8, 4) is 0 Å². The summed E-state index contributed by atoms with van der Waals surface area (Å²) in [5.41, 5.74) is 0. The van der Waals surface area contributed by atoms with Crippen molar-refractivity contribution >= 4 is 11.8 Å². The zero-order valence-corrected chi connectivity index (χ0v) is 12.2. The Bertz CT molecular complexity index is 230. The van der Waals surface area contributed by atoms with Crippen molar-refractivity contribution in [3.05, 3.63) is 0 Å². The van der Waals surface area contributed by atoms with E-state index in [2.05, 4.69) is 37.6 Å². The minimum Gasteiger partial charge on any atom is -0.393 e. The van der Waals surface area contributed by atoms with Crippen molar-refractivity contribution in [1.29, 1.82) is 0 Å². The lowest BCUT2D eigenvalue weighted by molar-refractivity contribution is -0.00270. The number of hydrogen-bond acceptors (Lipinski definition) is 3. The fourth-order valence-corrected chi connectivity index (χ4v) is 4.82. The SMILES string of the molecule is CC1CC(C)C(CN(C)C2CCSC2)C(O)C1. The van der Waals surface area contributed by atoms with Gasteiger partial charge in [0.05, 0.1) is 6.10 Å². The van der Waals surface area contributed by atoms with Crippen molar-refractivity contribution in [3.63, 3.8) is 0 Å². The summed E-state index contributed by atoms with van der Waals surface area (Å²) < 4.78 is 0. The summed E-state index contributed by atoms with van der Waals surface area (Å²) in [4.78, 5) is 2.50. The Morgan fingerprint density at radius 3 is 2.65 bits per heavy atom. The van der Waals surface area contributed by atoms with Crippen LogP contribution in [0.15, 0.2) is 0 Å². The van der Waals surface area contributed by atoms with Crippen LogP contribution in [0.3, 0.4) is 0 Å². The molecule has 0 radical (unpaired) electrons. The standard InChI is InChI=1S/C14H27NOS/c1-10-6-11(2)13(14(16)7-10)8-15(3)12-4-5-17-9-12/h10-14,16H,4-9H2,1-3H3. The van der Waals surface area contributed by atoms with Crippen molar-refractivity contribution in [2.45, 2.75) is 45.3 Å². The second kappa shape index (κ2) is 5.94. The summed E-state index contributed by atoms with van der Waals surface area (Å²) in [5, 5.41) is 10.3. The fourth-order valence-electron chi connectivity index (χ4n) is 3.52. The Labute approximate surface area is 110 Å². The van der Waals surface area contributed by atoms with Crippen LogP contribution in [-0.2, 0) is 0 Å². The molecule has 1 aliphatic heterocycles. The highest BCUT2D eigenvalue weighted by atomic mass is 32.2. The molecule has 1 saturated heterocycles. The molecule has 2 aliphatic rings. The lowest BCUT2D eigenvalue weighted by Gasteiger charge is -2.40. The third-order valence-electron chi connectivity index (χ3n) is 4.67. The van der Waals surface area contributed by atoms with Gasteiger partial charge in [-0.2, -0.15) is 11.8 Å². The molecule has 0 aromatic rings. The molecule has 1 heterocycles. The molecule has 17 heavy (non-hydrogen) atoms. The summed E-state index contributed by atoms with van der Waals surface area (Å²) >= 11 is 2.07. The van der Waals surface area contributed by atoms with Crippen LogP contribution in [0.25, 0.3) is 0 Å². The minimum atomic E-state index is -0.0785. The van der Waals surface area contributed by atoms with Gasteiger partial charge in [0.1, 0.15) is 0 Å². The lowest BCUT2D eigenvalue weighted by Crippen LogP contribution is -2.44. The largest absolute Gasteiger partial charge is 0.393 e. The van der Waals surface area contributed by atoms with Crippen molar-refractivity contribution in [2.75, 3.05) is 25.1 Å². The Morgan fingerprint density at radius 2 is 2.06 bits per heavy atom. The number of nitrogens with zero attached hydrogens (tertiary/aromatic N) is 1. The average Bonchev–Trinajstić information content (AvgIpc) is 2.76. The molecular weight excluding hydrogens is 230 g/mol. The van der Waals surface area contributed by atoms with Crippen LogP contribution in [0.5, 0.6) is 0 Å². The number of rotatable bonds is 3. The van der Waals surface area contributed by atoms with Gasteiger partial charge in [0.2, 0.25) is 0 Å². The van der Waals surface area contributed by atoms with Crippen LogP contribution < -0.4 is 0 Å². The average molecular weight is 257 g/mol. The van der Waals surface area contributed by atoms with E-state index in [9.17, 15) is 5.11 Å². The maximum atomic E-state index is 10.3. The fraction of sp³-hybridized carbons (Fsp3) is 1.00. The molecule has 2 nitrogen and oxygen atoms in total. The summed E-state index contributed by atoms with van der Waals surface area (Å²) in [6, 6.07) is 0.749. The van der Waals surface area contributed by atoms with Crippen LogP contribution in [0, 0.1) is 17.8 Å². The molecule has 1 N–H and O–H groups in total. The van der Waals surface area contributed by atoms with E-state index in [1.807, 2.05) is 0 Å². The normalized spacial score (nSPS) is 43.2. The van der Waals surface area contributed by atoms with Crippen molar-refractivity contribution in [2.24, 2.45) is 17.8 Å². The van der Waals surface area contributed by atoms with Crippen LogP contribution in [-0.4, -0.2) is 47.3 Å². The van der Waals surface area contributed by atoms with Gasteiger partial charge in [0, 0.05) is 24.3 Å². The highest BCUT2D eigenvalue weighted by Crippen LogP contribution is 2.35. The first-order valence-corrected chi connectivity index (χ1v) is 8.19. The first-order valence-electron chi connectivity index (χ1n) is 7.04. The monoisotopic (exact) mass is 257 g/mol. The zero-order chi connectivity index (χ0) is 12.4. The Balaban J connectivity index is 1.88. The first-order chi connectivity index (χ1) is 8.08. The first kappa shape index (κ1) is 13.7. The van der Waals surface area contributed by atoms with Gasteiger partial charge < -0.3 is 10.0 Å². The summed E-state index contributed by atoms with van der Waals surface area (Å²) in [6.45, 7) is 5.67. The lowest BCUT2D eigenvalue weighted by atomic mass is 9.73. The van der Waals surface area contributed by atoms with Gasteiger partial charge in [-0.25, -0.2) is 0 Å². The van der Waals surface area contributed by atoms with E-state index in [1.165, 1.54) is 24.3 Å². The van der Waals surface area contributed by atoms with Gasteiger partial charge in [-0.3, -0.25) is 0 Å². The van der Waals surface area contributed by atoms with Crippen LogP contribution in [0.1, 0.15) is 33.1 Å². The Morgan fingerprint density at radius 1 is 1.29 bits per heavy atom. The Hall–Kier alpha value is 0.270. The maximum absolute atomic E-state index is 10.3. The molecule has 2 rings (SSSR count). The number of aliphatic hydroxyl groups excluding tert-OH is 1. The summed E-state index contributed by atoms with van der Waals surface area (Å²) in [7, 11) is 2.24. The van der Waals surface area contributed by atoms with Gasteiger partial charge in [0.15, 0.2) is 0 Å².